The van der Waals surface area contributed by atoms with E-state index in [-0.39, 0.29) is 13.1 Å². The summed E-state index contributed by atoms with van der Waals surface area (Å²) in [5.74, 6) is -1.86. The first-order valence-corrected chi connectivity index (χ1v) is 5.57. The number of amides is 1. The quantitative estimate of drug-likeness (QED) is 0.821. The van der Waals surface area contributed by atoms with Gasteiger partial charge in [0, 0.05) is 6.54 Å². The van der Waals surface area contributed by atoms with E-state index in [9.17, 15) is 22.8 Å². The number of benzene rings is 1. The van der Waals surface area contributed by atoms with Gasteiger partial charge in [-0.25, -0.2) is 0 Å². The summed E-state index contributed by atoms with van der Waals surface area (Å²) in [6.45, 7) is -0.690. The fraction of sp³-hybridized carbons (Fsp3) is 0.333. The molecule has 0 aliphatic carbocycles. The maximum absolute atomic E-state index is 12.4. The highest BCUT2D eigenvalue weighted by Gasteiger charge is 2.30. The van der Waals surface area contributed by atoms with Crippen molar-refractivity contribution in [1.29, 1.82) is 0 Å². The zero-order valence-electron chi connectivity index (χ0n) is 10.4. The van der Waals surface area contributed by atoms with Crippen molar-refractivity contribution in [2.75, 3.05) is 13.1 Å². The molecule has 8 heteroatoms. The van der Waals surface area contributed by atoms with E-state index in [0.717, 1.165) is 12.1 Å². The Hall–Kier alpha value is -2.09. The minimum Gasteiger partial charge on any atom is -0.480 e. The third-order valence-corrected chi connectivity index (χ3v) is 2.43. The second-order valence-corrected chi connectivity index (χ2v) is 4.20. The van der Waals surface area contributed by atoms with Crippen LogP contribution in [0.25, 0.3) is 0 Å². The predicted molar refractivity (Wildman–Crippen MR) is 63.6 cm³/mol. The lowest BCUT2D eigenvalue weighted by Gasteiger charge is -2.18. The molecule has 0 unspecified atom stereocenters. The number of halogens is 3. The van der Waals surface area contributed by atoms with Gasteiger partial charge in [0.25, 0.3) is 0 Å². The average molecular weight is 290 g/mol. The van der Waals surface area contributed by atoms with E-state index in [0.29, 0.717) is 5.56 Å². The Morgan fingerprint density at radius 3 is 2.10 bits per heavy atom. The van der Waals surface area contributed by atoms with Gasteiger partial charge in [-0.3, -0.25) is 14.5 Å². The van der Waals surface area contributed by atoms with Crippen LogP contribution in [0.3, 0.4) is 0 Å². The largest absolute Gasteiger partial charge is 0.480 e. The number of hydrogen-bond donors (Lipinski definition) is 2. The summed E-state index contributed by atoms with van der Waals surface area (Å²) >= 11 is 0. The van der Waals surface area contributed by atoms with Crippen molar-refractivity contribution in [2.45, 2.75) is 12.7 Å². The van der Waals surface area contributed by atoms with Gasteiger partial charge in [-0.2, -0.15) is 13.2 Å². The second kappa shape index (κ2) is 6.38. The van der Waals surface area contributed by atoms with Crippen LogP contribution in [0.4, 0.5) is 13.2 Å². The summed E-state index contributed by atoms with van der Waals surface area (Å²) in [5.41, 5.74) is 4.65. The number of aliphatic carboxylic acids is 1. The van der Waals surface area contributed by atoms with Gasteiger partial charge in [-0.05, 0) is 17.7 Å². The van der Waals surface area contributed by atoms with E-state index in [1.54, 1.807) is 0 Å². The summed E-state index contributed by atoms with van der Waals surface area (Å²) in [7, 11) is 0. The highest BCUT2D eigenvalue weighted by Crippen LogP contribution is 2.29. The minimum absolute atomic E-state index is 0.0212. The molecule has 1 rings (SSSR count). The minimum atomic E-state index is -4.42. The van der Waals surface area contributed by atoms with Crippen molar-refractivity contribution >= 4 is 11.9 Å². The molecule has 1 aromatic rings. The highest BCUT2D eigenvalue weighted by molar-refractivity contribution is 5.77. The van der Waals surface area contributed by atoms with Crippen LogP contribution in [0.15, 0.2) is 24.3 Å². The number of carboxylic acid groups (broad SMARTS) is 1. The van der Waals surface area contributed by atoms with Gasteiger partial charge in [0.15, 0.2) is 0 Å². The topological polar surface area (TPSA) is 83.6 Å². The SMILES string of the molecule is NC(=O)CN(CC(=O)O)Cc1ccc(C(F)(F)F)cc1. The molecule has 0 atom stereocenters. The van der Waals surface area contributed by atoms with Gasteiger partial charge in [0.05, 0.1) is 18.7 Å². The van der Waals surface area contributed by atoms with Crippen LogP contribution in [0, 0.1) is 0 Å². The summed E-state index contributed by atoms with van der Waals surface area (Å²) in [6, 6.07) is 4.27. The Morgan fingerprint density at radius 2 is 1.70 bits per heavy atom. The van der Waals surface area contributed by atoms with Gasteiger partial charge in [0.1, 0.15) is 0 Å². The van der Waals surface area contributed by atoms with E-state index < -0.39 is 30.2 Å². The van der Waals surface area contributed by atoms with Crippen LogP contribution in [0.5, 0.6) is 0 Å². The van der Waals surface area contributed by atoms with Gasteiger partial charge < -0.3 is 10.8 Å². The van der Waals surface area contributed by atoms with Crippen LogP contribution in [0.1, 0.15) is 11.1 Å². The molecule has 0 fully saturated rings. The van der Waals surface area contributed by atoms with Crippen LogP contribution >= 0.6 is 0 Å². The average Bonchev–Trinajstić information content (AvgIpc) is 2.26. The fourth-order valence-electron chi connectivity index (χ4n) is 1.64. The predicted octanol–water partition coefficient (Wildman–Crippen LogP) is 1.08. The number of rotatable bonds is 6. The van der Waals surface area contributed by atoms with Crippen molar-refractivity contribution in [2.24, 2.45) is 5.73 Å². The van der Waals surface area contributed by atoms with Crippen molar-refractivity contribution in [3.05, 3.63) is 35.4 Å². The number of alkyl halides is 3. The van der Waals surface area contributed by atoms with Crippen molar-refractivity contribution < 1.29 is 27.9 Å². The van der Waals surface area contributed by atoms with Gasteiger partial charge in [-0.1, -0.05) is 12.1 Å². The monoisotopic (exact) mass is 290 g/mol. The third kappa shape index (κ3) is 5.27. The molecule has 0 heterocycles. The lowest BCUT2D eigenvalue weighted by atomic mass is 10.1. The second-order valence-electron chi connectivity index (χ2n) is 4.20. The van der Waals surface area contributed by atoms with E-state index in [2.05, 4.69) is 0 Å². The Morgan fingerprint density at radius 1 is 1.15 bits per heavy atom. The van der Waals surface area contributed by atoms with E-state index in [1.807, 2.05) is 0 Å². The summed E-state index contributed by atoms with van der Waals surface area (Å²) in [4.78, 5) is 22.7. The zero-order valence-corrected chi connectivity index (χ0v) is 10.4. The molecule has 1 amide bonds. The van der Waals surface area contributed by atoms with Crippen LogP contribution < -0.4 is 5.73 Å². The van der Waals surface area contributed by atoms with Crippen LogP contribution in [-0.4, -0.2) is 35.0 Å². The maximum atomic E-state index is 12.4. The molecule has 3 N–H and O–H groups in total. The molecule has 0 aromatic heterocycles. The molecule has 0 aliphatic heterocycles. The number of carboxylic acids is 1. The molecular weight excluding hydrogens is 277 g/mol. The molecule has 1 aromatic carbocycles. The van der Waals surface area contributed by atoms with Crippen molar-refractivity contribution in [3.8, 4) is 0 Å². The number of nitrogens with two attached hydrogens (primary N) is 1. The summed E-state index contributed by atoms with van der Waals surface area (Å²) in [6.07, 6.45) is -4.42. The molecule has 0 bridgehead atoms. The fourth-order valence-corrected chi connectivity index (χ4v) is 1.64. The van der Waals surface area contributed by atoms with Gasteiger partial charge >= 0.3 is 12.1 Å². The van der Waals surface area contributed by atoms with E-state index in [4.69, 9.17) is 10.8 Å². The molecule has 5 nitrogen and oxygen atoms in total. The molecule has 0 radical (unpaired) electrons. The number of carbonyl (C=O) groups excluding carboxylic acids is 1. The molecule has 20 heavy (non-hydrogen) atoms. The van der Waals surface area contributed by atoms with Gasteiger partial charge in [0.2, 0.25) is 5.91 Å². The number of carbonyl (C=O) groups is 2. The third-order valence-electron chi connectivity index (χ3n) is 2.43. The first-order chi connectivity index (χ1) is 9.18. The zero-order chi connectivity index (χ0) is 15.3. The lowest BCUT2D eigenvalue weighted by molar-refractivity contribution is -0.139. The van der Waals surface area contributed by atoms with E-state index >= 15 is 0 Å². The number of nitrogens with zero attached hydrogens (tertiary/aromatic N) is 1. The van der Waals surface area contributed by atoms with Crippen LogP contribution in [0.2, 0.25) is 0 Å². The summed E-state index contributed by atoms with van der Waals surface area (Å²) < 4.78 is 37.1. The normalized spacial score (nSPS) is 11.6. The molecule has 0 spiro atoms. The molecule has 0 saturated carbocycles. The molecule has 0 aliphatic rings. The van der Waals surface area contributed by atoms with Gasteiger partial charge in [-0.15, -0.1) is 0 Å². The van der Waals surface area contributed by atoms with Crippen molar-refractivity contribution in [3.63, 3.8) is 0 Å². The Bertz CT molecular complexity index is 470. The number of hydrogen-bond acceptors (Lipinski definition) is 3. The smallest absolute Gasteiger partial charge is 0.416 e. The van der Waals surface area contributed by atoms with Crippen LogP contribution in [-0.2, 0) is 22.3 Å². The Labute approximate surface area is 112 Å². The van der Waals surface area contributed by atoms with E-state index in [1.165, 1.54) is 17.0 Å². The number of primary amides is 1. The Kier molecular flexibility index (Phi) is 5.09. The van der Waals surface area contributed by atoms with Crippen molar-refractivity contribution in [1.82, 2.24) is 4.90 Å². The maximum Gasteiger partial charge on any atom is 0.416 e. The molecular formula is C12H13F3N2O3. The first kappa shape index (κ1) is 16.0. The molecule has 110 valence electrons. The summed E-state index contributed by atoms with van der Waals surface area (Å²) in [5, 5.41) is 8.68. The Balaban J connectivity index is 2.78. The standard InChI is InChI=1S/C12H13F3N2O3/c13-12(14,15)9-3-1-8(2-4-9)5-17(6-10(16)18)7-11(19)20/h1-4H,5-7H2,(H2,16,18)(H,19,20). The molecule has 0 saturated heterocycles. The highest BCUT2D eigenvalue weighted by atomic mass is 19.4. The lowest BCUT2D eigenvalue weighted by Crippen LogP contribution is -2.36. The first-order valence-electron chi connectivity index (χ1n) is 5.57.